The molecule has 0 aliphatic carbocycles. The Hall–Kier alpha value is -1.59. The molecule has 16 heavy (non-hydrogen) atoms. The largest absolute Gasteiger partial charge is 0.370 e. The quantitative estimate of drug-likeness (QED) is 0.589. The smallest absolute Gasteiger partial charge is 0.223 e. The normalized spacial score (nSPS) is 17.8. The van der Waals surface area contributed by atoms with E-state index in [4.69, 9.17) is 10.3 Å². The van der Waals surface area contributed by atoms with Crippen LogP contribution in [0.15, 0.2) is 9.52 Å². The minimum atomic E-state index is 0.389. The van der Waals surface area contributed by atoms with E-state index in [1.165, 1.54) is 19.3 Å². The monoisotopic (exact) mass is 223 g/mol. The number of hydrogen-bond donors (Lipinski definition) is 1. The van der Waals surface area contributed by atoms with Gasteiger partial charge in [0.25, 0.3) is 0 Å². The summed E-state index contributed by atoms with van der Waals surface area (Å²) in [6.07, 6.45) is 3.67. The molecule has 0 bridgehead atoms. The van der Waals surface area contributed by atoms with Gasteiger partial charge in [-0.3, -0.25) is 0 Å². The molecule has 1 aromatic rings. The summed E-state index contributed by atoms with van der Waals surface area (Å²) >= 11 is 0. The molecule has 0 aromatic carbocycles. The summed E-state index contributed by atoms with van der Waals surface area (Å²) < 4.78 is 4.86. The number of aryl methyl sites for hydroxylation is 1. The molecule has 0 saturated carbocycles. The highest BCUT2D eigenvalue weighted by atomic mass is 16.5. The number of guanidine groups is 1. The van der Waals surface area contributed by atoms with Gasteiger partial charge in [-0.05, 0) is 19.3 Å². The first-order valence-corrected chi connectivity index (χ1v) is 5.60. The Morgan fingerprint density at radius 1 is 1.44 bits per heavy atom. The third kappa shape index (κ3) is 2.71. The van der Waals surface area contributed by atoms with Crippen molar-refractivity contribution in [3.8, 4) is 0 Å². The van der Waals surface area contributed by atoms with Gasteiger partial charge in [0, 0.05) is 20.0 Å². The predicted molar refractivity (Wildman–Crippen MR) is 59.8 cm³/mol. The van der Waals surface area contributed by atoms with Crippen LogP contribution in [0.2, 0.25) is 0 Å². The Balaban J connectivity index is 1.90. The third-order valence-electron chi connectivity index (χ3n) is 2.63. The summed E-state index contributed by atoms with van der Waals surface area (Å²) in [7, 11) is 0. The summed E-state index contributed by atoms with van der Waals surface area (Å²) in [5.41, 5.74) is 5.89. The van der Waals surface area contributed by atoms with Gasteiger partial charge in [0.1, 0.15) is 6.54 Å². The van der Waals surface area contributed by atoms with Gasteiger partial charge < -0.3 is 15.2 Å². The number of hydrogen-bond acceptors (Lipinski definition) is 4. The van der Waals surface area contributed by atoms with Crippen LogP contribution in [0.25, 0.3) is 0 Å². The molecule has 1 fully saturated rings. The lowest BCUT2D eigenvalue weighted by molar-refractivity contribution is 0.337. The predicted octanol–water partition coefficient (Wildman–Crippen LogP) is 0.679. The minimum Gasteiger partial charge on any atom is -0.370 e. The lowest BCUT2D eigenvalue weighted by atomic mass is 10.1. The summed E-state index contributed by atoms with van der Waals surface area (Å²) in [4.78, 5) is 10.4. The van der Waals surface area contributed by atoms with Crippen LogP contribution in [0, 0.1) is 6.92 Å². The van der Waals surface area contributed by atoms with E-state index in [1.54, 1.807) is 6.92 Å². The highest BCUT2D eigenvalue weighted by Crippen LogP contribution is 2.08. The van der Waals surface area contributed by atoms with E-state index in [0.717, 1.165) is 13.1 Å². The molecule has 0 amide bonds. The fourth-order valence-corrected chi connectivity index (χ4v) is 1.78. The van der Waals surface area contributed by atoms with Gasteiger partial charge in [-0.15, -0.1) is 0 Å². The summed E-state index contributed by atoms with van der Waals surface area (Å²) in [5, 5.41) is 3.77. The van der Waals surface area contributed by atoms with E-state index in [2.05, 4.69) is 20.0 Å². The Bertz CT molecular complexity index is 367. The third-order valence-corrected chi connectivity index (χ3v) is 2.63. The first-order valence-electron chi connectivity index (χ1n) is 5.60. The zero-order chi connectivity index (χ0) is 11.4. The van der Waals surface area contributed by atoms with Crippen molar-refractivity contribution in [2.45, 2.75) is 32.7 Å². The van der Waals surface area contributed by atoms with Crippen LogP contribution in [-0.2, 0) is 6.54 Å². The Morgan fingerprint density at radius 2 is 2.19 bits per heavy atom. The molecule has 0 spiro atoms. The van der Waals surface area contributed by atoms with Crippen molar-refractivity contribution in [2.24, 2.45) is 10.7 Å². The van der Waals surface area contributed by atoms with Crippen LogP contribution >= 0.6 is 0 Å². The summed E-state index contributed by atoms with van der Waals surface area (Å²) in [5.74, 6) is 1.72. The molecule has 1 aliphatic heterocycles. The highest BCUT2D eigenvalue weighted by Gasteiger charge is 2.12. The maximum absolute atomic E-state index is 5.89. The molecule has 2 heterocycles. The zero-order valence-electron chi connectivity index (χ0n) is 9.52. The van der Waals surface area contributed by atoms with E-state index in [9.17, 15) is 0 Å². The maximum Gasteiger partial charge on any atom is 0.223 e. The molecule has 88 valence electrons. The minimum absolute atomic E-state index is 0.389. The summed E-state index contributed by atoms with van der Waals surface area (Å²) in [6.45, 7) is 4.15. The van der Waals surface area contributed by atoms with Crippen molar-refractivity contribution < 1.29 is 4.52 Å². The average Bonchev–Trinajstić information content (AvgIpc) is 2.73. The van der Waals surface area contributed by atoms with E-state index in [-0.39, 0.29) is 0 Å². The molecular weight excluding hydrogens is 206 g/mol. The Labute approximate surface area is 94.5 Å². The van der Waals surface area contributed by atoms with Gasteiger partial charge >= 0.3 is 0 Å². The number of nitrogens with two attached hydrogens (primary N) is 1. The molecule has 2 rings (SSSR count). The molecule has 1 saturated heterocycles. The molecule has 1 aliphatic rings. The molecule has 0 unspecified atom stereocenters. The number of aliphatic imine (C=N–C) groups is 1. The van der Waals surface area contributed by atoms with Crippen molar-refractivity contribution >= 4 is 5.96 Å². The second-order valence-electron chi connectivity index (χ2n) is 3.95. The molecule has 0 atom stereocenters. The standard InChI is InChI=1S/C10H17N5O/c1-8-13-9(14-16-8)7-12-10(11)15-5-3-2-4-6-15/h2-7H2,1H3,(H2,11,12). The number of likely N-dealkylation sites (tertiary alicyclic amines) is 1. The van der Waals surface area contributed by atoms with E-state index in [1.807, 2.05) is 0 Å². The fraction of sp³-hybridized carbons (Fsp3) is 0.700. The number of rotatable bonds is 2. The molecule has 6 heteroatoms. The fourth-order valence-electron chi connectivity index (χ4n) is 1.78. The van der Waals surface area contributed by atoms with Crippen LogP contribution in [0.1, 0.15) is 31.0 Å². The second-order valence-corrected chi connectivity index (χ2v) is 3.95. The van der Waals surface area contributed by atoms with Crippen molar-refractivity contribution in [1.82, 2.24) is 15.0 Å². The number of piperidine rings is 1. The van der Waals surface area contributed by atoms with Crippen molar-refractivity contribution in [3.63, 3.8) is 0 Å². The van der Waals surface area contributed by atoms with Crippen LogP contribution in [0.3, 0.4) is 0 Å². The first-order chi connectivity index (χ1) is 7.75. The van der Waals surface area contributed by atoms with Crippen LogP contribution < -0.4 is 5.73 Å². The topological polar surface area (TPSA) is 80.5 Å². The lowest BCUT2D eigenvalue weighted by Crippen LogP contribution is -2.40. The SMILES string of the molecule is Cc1nc(CN=C(N)N2CCCCC2)no1. The van der Waals surface area contributed by atoms with Gasteiger partial charge in [-0.2, -0.15) is 4.98 Å². The van der Waals surface area contributed by atoms with Gasteiger partial charge in [0.05, 0.1) is 0 Å². The zero-order valence-corrected chi connectivity index (χ0v) is 9.52. The first kappa shape index (κ1) is 10.9. The Kier molecular flexibility index (Phi) is 3.38. The van der Waals surface area contributed by atoms with Gasteiger partial charge in [0.2, 0.25) is 5.89 Å². The average molecular weight is 223 g/mol. The molecule has 0 radical (unpaired) electrons. The lowest BCUT2D eigenvalue weighted by Gasteiger charge is -2.27. The van der Waals surface area contributed by atoms with Crippen molar-refractivity contribution in [2.75, 3.05) is 13.1 Å². The van der Waals surface area contributed by atoms with Gasteiger partial charge in [-0.1, -0.05) is 5.16 Å². The summed E-state index contributed by atoms with van der Waals surface area (Å²) in [6, 6.07) is 0. The Morgan fingerprint density at radius 3 is 2.81 bits per heavy atom. The molecule has 1 aromatic heterocycles. The van der Waals surface area contributed by atoms with Crippen molar-refractivity contribution in [1.29, 1.82) is 0 Å². The maximum atomic E-state index is 5.89. The molecular formula is C10H17N5O. The van der Waals surface area contributed by atoms with E-state index < -0.39 is 0 Å². The van der Waals surface area contributed by atoms with Crippen LogP contribution in [0.5, 0.6) is 0 Å². The molecule has 6 nitrogen and oxygen atoms in total. The van der Waals surface area contributed by atoms with Crippen LogP contribution in [-0.4, -0.2) is 34.1 Å². The molecule has 2 N–H and O–H groups in total. The number of nitrogens with zero attached hydrogens (tertiary/aromatic N) is 4. The number of aromatic nitrogens is 2. The van der Waals surface area contributed by atoms with Gasteiger partial charge in [-0.25, -0.2) is 4.99 Å². The highest BCUT2D eigenvalue weighted by molar-refractivity contribution is 5.78. The second kappa shape index (κ2) is 4.96. The van der Waals surface area contributed by atoms with E-state index in [0.29, 0.717) is 24.2 Å². The van der Waals surface area contributed by atoms with E-state index >= 15 is 0 Å². The van der Waals surface area contributed by atoms with Crippen molar-refractivity contribution in [3.05, 3.63) is 11.7 Å². The van der Waals surface area contributed by atoms with Gasteiger partial charge in [0.15, 0.2) is 11.8 Å². The van der Waals surface area contributed by atoms with Crippen LogP contribution in [0.4, 0.5) is 0 Å².